The van der Waals surface area contributed by atoms with Gasteiger partial charge in [0.2, 0.25) is 5.91 Å². The van der Waals surface area contributed by atoms with Crippen molar-refractivity contribution < 1.29 is 21.9 Å². The van der Waals surface area contributed by atoms with Crippen LogP contribution in [0.5, 0.6) is 0 Å². The maximum Gasteiger partial charge on any atom is 0.397 e. The minimum atomic E-state index is -4.16. The van der Waals surface area contributed by atoms with Crippen LogP contribution in [-0.4, -0.2) is 39.6 Å². The third-order valence-electron chi connectivity index (χ3n) is 0.945. The highest BCUT2D eigenvalue weighted by molar-refractivity contribution is 7.80. The van der Waals surface area contributed by atoms with E-state index < -0.39 is 10.4 Å². The first-order valence-corrected chi connectivity index (χ1v) is 5.75. The molecule has 4 N–H and O–H groups in total. The molecule has 0 unspecified atom stereocenters. The molecule has 0 aliphatic heterocycles. The molecule has 0 rings (SSSR count). The van der Waals surface area contributed by atoms with E-state index in [0.29, 0.717) is 0 Å². The van der Waals surface area contributed by atoms with Gasteiger partial charge in [-0.2, -0.15) is 8.42 Å². The topological polar surface area (TPSA) is 119 Å². The van der Waals surface area contributed by atoms with Crippen LogP contribution in [0.2, 0.25) is 0 Å². The van der Waals surface area contributed by atoms with Crippen LogP contribution >= 0.6 is 0 Å². The van der Waals surface area contributed by atoms with Crippen molar-refractivity contribution in [3.05, 3.63) is 12.7 Å². The van der Waals surface area contributed by atoms with E-state index in [4.69, 9.17) is 4.55 Å². The number of hydrogen-bond donors (Lipinski definition) is 3. The summed E-state index contributed by atoms with van der Waals surface area (Å²) in [6.45, 7) is 6.05. The second-order valence-corrected chi connectivity index (χ2v) is 3.28. The van der Waals surface area contributed by atoms with Crippen LogP contribution in [0, 0.1) is 0 Å². The van der Waals surface area contributed by atoms with Crippen molar-refractivity contribution in [3.8, 4) is 0 Å². The lowest BCUT2D eigenvalue weighted by molar-refractivity contribution is -0.116. The molecular formula is C8H20N2O5S. The molecule has 0 aromatic carbocycles. The van der Waals surface area contributed by atoms with Gasteiger partial charge in [0.05, 0.1) is 7.11 Å². The molecule has 16 heavy (non-hydrogen) atoms. The Morgan fingerprint density at radius 2 is 1.94 bits per heavy atom. The second-order valence-electron chi connectivity index (χ2n) is 2.09. The first kappa shape index (κ1) is 20.5. The van der Waals surface area contributed by atoms with Crippen molar-refractivity contribution in [1.29, 1.82) is 0 Å². The Morgan fingerprint density at radius 3 is 2.12 bits per heavy atom. The average Bonchev–Trinajstić information content (AvgIpc) is 2.28. The van der Waals surface area contributed by atoms with Gasteiger partial charge in [0.1, 0.15) is 0 Å². The SMILES string of the molecule is C=CC(=O)NCCC.CN.COS(=O)(=O)O. The van der Waals surface area contributed by atoms with Crippen molar-refractivity contribution >= 4 is 16.3 Å². The number of nitrogens with two attached hydrogens (primary N) is 1. The molecule has 0 aliphatic carbocycles. The average molecular weight is 256 g/mol. The highest BCUT2D eigenvalue weighted by atomic mass is 32.3. The van der Waals surface area contributed by atoms with Gasteiger partial charge in [-0.15, -0.1) is 0 Å². The van der Waals surface area contributed by atoms with Crippen LogP contribution in [0.1, 0.15) is 13.3 Å². The molecule has 98 valence electrons. The summed E-state index contributed by atoms with van der Waals surface area (Å²) in [5, 5.41) is 2.62. The van der Waals surface area contributed by atoms with Crippen molar-refractivity contribution in [1.82, 2.24) is 5.32 Å². The van der Waals surface area contributed by atoms with E-state index in [9.17, 15) is 13.2 Å². The van der Waals surface area contributed by atoms with Crippen LogP contribution in [0.4, 0.5) is 0 Å². The van der Waals surface area contributed by atoms with Gasteiger partial charge in [0.15, 0.2) is 0 Å². The van der Waals surface area contributed by atoms with Gasteiger partial charge in [-0.05, 0) is 19.5 Å². The van der Waals surface area contributed by atoms with Crippen molar-refractivity contribution in [3.63, 3.8) is 0 Å². The van der Waals surface area contributed by atoms with Gasteiger partial charge in [0.25, 0.3) is 0 Å². The molecule has 0 saturated heterocycles. The fourth-order valence-electron chi connectivity index (χ4n) is 0.320. The quantitative estimate of drug-likeness (QED) is 0.470. The molecule has 0 heterocycles. The molecule has 0 atom stereocenters. The molecule has 0 bridgehead atoms. The largest absolute Gasteiger partial charge is 0.397 e. The summed E-state index contributed by atoms with van der Waals surface area (Å²) in [6, 6.07) is 0. The normalized spacial score (nSPS) is 8.81. The van der Waals surface area contributed by atoms with Crippen LogP contribution in [0.3, 0.4) is 0 Å². The lowest BCUT2D eigenvalue weighted by atomic mass is 10.4. The van der Waals surface area contributed by atoms with Gasteiger partial charge in [-0.25, -0.2) is 0 Å². The summed E-state index contributed by atoms with van der Waals surface area (Å²) in [5.41, 5.74) is 4.50. The number of hydrogen-bond acceptors (Lipinski definition) is 5. The predicted molar refractivity (Wildman–Crippen MR) is 62.2 cm³/mol. The minimum Gasteiger partial charge on any atom is -0.353 e. The number of rotatable bonds is 4. The van der Waals surface area contributed by atoms with Gasteiger partial charge in [0, 0.05) is 6.54 Å². The predicted octanol–water partition coefficient (Wildman–Crippen LogP) is -0.291. The maximum absolute atomic E-state index is 10.3. The van der Waals surface area contributed by atoms with E-state index in [1.165, 1.54) is 13.1 Å². The molecule has 0 fully saturated rings. The van der Waals surface area contributed by atoms with Crippen LogP contribution in [-0.2, 0) is 19.4 Å². The second kappa shape index (κ2) is 14.0. The summed E-state index contributed by atoms with van der Waals surface area (Å²) < 4.78 is 29.7. The van der Waals surface area contributed by atoms with Gasteiger partial charge in [-0.1, -0.05) is 13.5 Å². The maximum atomic E-state index is 10.3. The lowest BCUT2D eigenvalue weighted by Crippen LogP contribution is -2.20. The first-order valence-electron chi connectivity index (χ1n) is 4.38. The molecule has 0 radical (unpaired) electrons. The Balaban J connectivity index is -0.000000188. The number of carbonyl (C=O) groups excluding carboxylic acids is 1. The van der Waals surface area contributed by atoms with Gasteiger partial charge < -0.3 is 11.1 Å². The minimum absolute atomic E-state index is 0.0909. The Bertz CT molecular complexity index is 264. The molecule has 7 nitrogen and oxygen atoms in total. The van der Waals surface area contributed by atoms with Crippen LogP contribution < -0.4 is 11.1 Å². The van der Waals surface area contributed by atoms with Crippen LogP contribution in [0.15, 0.2) is 12.7 Å². The summed E-state index contributed by atoms with van der Waals surface area (Å²) in [6.07, 6.45) is 2.25. The van der Waals surface area contributed by atoms with E-state index in [1.807, 2.05) is 6.92 Å². The van der Waals surface area contributed by atoms with E-state index >= 15 is 0 Å². The summed E-state index contributed by atoms with van der Waals surface area (Å²) >= 11 is 0. The molecule has 0 aromatic heterocycles. The highest BCUT2D eigenvalue weighted by Gasteiger charge is 1.94. The third-order valence-corrected chi connectivity index (χ3v) is 1.37. The third kappa shape index (κ3) is 29.2. The summed E-state index contributed by atoms with van der Waals surface area (Å²) in [7, 11) is -1.79. The zero-order valence-electron chi connectivity index (χ0n) is 9.76. The summed E-state index contributed by atoms with van der Waals surface area (Å²) in [5.74, 6) is -0.0909. The Morgan fingerprint density at radius 1 is 1.56 bits per heavy atom. The Hall–Kier alpha value is -0.960. The standard InChI is InChI=1S/C6H11NO.CH5N.CH4O4S/c1-3-5-7-6(8)4-2;1-2;1-5-6(2,3)4/h4H,2-3,5H2,1H3,(H,7,8);2H2,1H3;1H3,(H,2,3,4). The molecule has 0 aromatic rings. The lowest BCUT2D eigenvalue weighted by Gasteiger charge is -1.94. The van der Waals surface area contributed by atoms with E-state index in [1.54, 1.807) is 0 Å². The van der Waals surface area contributed by atoms with Gasteiger partial charge in [-0.3, -0.25) is 13.5 Å². The highest BCUT2D eigenvalue weighted by Crippen LogP contribution is 1.75. The fourth-order valence-corrected chi connectivity index (χ4v) is 0.320. The Kier molecular flexibility index (Phi) is 17.9. The number of amides is 1. The summed E-state index contributed by atoms with van der Waals surface area (Å²) in [4.78, 5) is 10.3. The zero-order valence-corrected chi connectivity index (χ0v) is 10.6. The number of nitrogens with one attached hydrogen (secondary N) is 1. The fraction of sp³-hybridized carbons (Fsp3) is 0.625. The molecule has 0 spiro atoms. The Labute approximate surface area is 96.6 Å². The molecule has 1 amide bonds. The van der Waals surface area contributed by atoms with Crippen LogP contribution in [0.25, 0.3) is 0 Å². The molecule has 8 heteroatoms. The zero-order chi connectivity index (χ0) is 13.6. The molecule has 0 saturated carbocycles. The smallest absolute Gasteiger partial charge is 0.353 e. The first-order chi connectivity index (χ1) is 7.37. The van der Waals surface area contributed by atoms with E-state index in [-0.39, 0.29) is 5.91 Å². The molecular weight excluding hydrogens is 236 g/mol. The van der Waals surface area contributed by atoms with Crippen molar-refractivity contribution in [2.75, 3.05) is 20.7 Å². The molecule has 0 aliphatic rings. The number of carbonyl (C=O) groups is 1. The van der Waals surface area contributed by atoms with E-state index in [2.05, 4.69) is 21.8 Å². The monoisotopic (exact) mass is 256 g/mol. The van der Waals surface area contributed by atoms with Crippen molar-refractivity contribution in [2.45, 2.75) is 13.3 Å². The van der Waals surface area contributed by atoms with Gasteiger partial charge >= 0.3 is 10.4 Å². The van der Waals surface area contributed by atoms with Crippen molar-refractivity contribution in [2.24, 2.45) is 5.73 Å². The van der Waals surface area contributed by atoms with E-state index in [0.717, 1.165) is 20.1 Å².